The minimum atomic E-state index is -0.0890. The first-order valence-electron chi connectivity index (χ1n) is 9.44. The van der Waals surface area contributed by atoms with Crippen molar-refractivity contribution in [1.82, 2.24) is 14.5 Å². The van der Waals surface area contributed by atoms with E-state index in [1.165, 1.54) is 0 Å². The van der Waals surface area contributed by atoms with Crippen LogP contribution in [0.1, 0.15) is 19.8 Å². The summed E-state index contributed by atoms with van der Waals surface area (Å²) in [6.45, 7) is 4.09. The van der Waals surface area contributed by atoms with Crippen LogP contribution in [0, 0.1) is 0 Å². The highest BCUT2D eigenvalue weighted by atomic mass is 16.5. The van der Waals surface area contributed by atoms with Gasteiger partial charge in [0.2, 0.25) is 0 Å². The van der Waals surface area contributed by atoms with Crippen LogP contribution in [0.2, 0.25) is 0 Å². The predicted molar refractivity (Wildman–Crippen MR) is 106 cm³/mol. The number of hydrogen-bond donors (Lipinski definition) is 1. The Labute approximate surface area is 158 Å². The SMILES string of the molecule is CCN(CC1CCCO1)C(=O)Nc1ccc(-n2cnc3ccccc32)cc1. The summed E-state index contributed by atoms with van der Waals surface area (Å²) < 4.78 is 7.69. The molecule has 2 aromatic carbocycles. The van der Waals surface area contributed by atoms with E-state index >= 15 is 0 Å². The normalized spacial score (nSPS) is 16.6. The lowest BCUT2D eigenvalue weighted by Gasteiger charge is -2.24. The van der Waals surface area contributed by atoms with Crippen LogP contribution in [0.15, 0.2) is 54.9 Å². The summed E-state index contributed by atoms with van der Waals surface area (Å²) in [6.07, 6.45) is 4.08. The standard InChI is InChI=1S/C21H24N4O2/c1-2-24(14-18-6-5-13-27-18)21(26)23-16-9-11-17(12-10-16)25-15-22-19-7-3-4-8-20(19)25/h3-4,7-12,15,18H,2,5-6,13-14H2,1H3,(H,23,26). The fourth-order valence-electron chi connectivity index (χ4n) is 3.46. The maximum Gasteiger partial charge on any atom is 0.321 e. The number of imidazole rings is 1. The fraction of sp³-hybridized carbons (Fsp3) is 0.333. The highest BCUT2D eigenvalue weighted by Crippen LogP contribution is 2.20. The number of para-hydroxylation sites is 2. The van der Waals surface area contributed by atoms with E-state index in [2.05, 4.69) is 10.3 Å². The van der Waals surface area contributed by atoms with Gasteiger partial charge in [0.25, 0.3) is 0 Å². The first kappa shape index (κ1) is 17.5. The molecule has 1 aliphatic rings. The lowest BCUT2D eigenvalue weighted by molar-refractivity contribution is 0.0849. The van der Waals surface area contributed by atoms with Crippen LogP contribution in [0.4, 0.5) is 10.5 Å². The number of hydrogen-bond acceptors (Lipinski definition) is 3. The number of nitrogens with one attached hydrogen (secondary N) is 1. The van der Waals surface area contributed by atoms with Gasteiger partial charge < -0.3 is 15.0 Å². The fourth-order valence-corrected chi connectivity index (χ4v) is 3.46. The van der Waals surface area contributed by atoms with Crippen LogP contribution < -0.4 is 5.32 Å². The van der Waals surface area contributed by atoms with Gasteiger partial charge in [0, 0.05) is 31.1 Å². The van der Waals surface area contributed by atoms with Crippen molar-refractivity contribution in [3.05, 3.63) is 54.9 Å². The van der Waals surface area contributed by atoms with Gasteiger partial charge >= 0.3 is 6.03 Å². The minimum Gasteiger partial charge on any atom is -0.376 e. The molecule has 27 heavy (non-hydrogen) atoms. The van der Waals surface area contributed by atoms with E-state index in [0.29, 0.717) is 13.1 Å². The second kappa shape index (κ2) is 7.80. The monoisotopic (exact) mass is 364 g/mol. The second-order valence-corrected chi connectivity index (χ2v) is 6.75. The zero-order valence-electron chi connectivity index (χ0n) is 15.5. The summed E-state index contributed by atoms with van der Waals surface area (Å²) in [4.78, 5) is 18.8. The van der Waals surface area contributed by atoms with E-state index in [1.807, 2.05) is 66.3 Å². The molecule has 0 spiro atoms. The molecule has 4 rings (SSSR count). The second-order valence-electron chi connectivity index (χ2n) is 6.75. The third kappa shape index (κ3) is 3.80. The zero-order valence-corrected chi connectivity index (χ0v) is 15.5. The highest BCUT2D eigenvalue weighted by molar-refractivity contribution is 5.89. The molecule has 1 fully saturated rings. The van der Waals surface area contributed by atoms with Gasteiger partial charge in [0.1, 0.15) is 6.33 Å². The lowest BCUT2D eigenvalue weighted by atomic mass is 10.2. The van der Waals surface area contributed by atoms with Crippen molar-refractivity contribution in [2.75, 3.05) is 25.0 Å². The molecule has 0 aliphatic carbocycles. The van der Waals surface area contributed by atoms with Gasteiger partial charge in [-0.15, -0.1) is 0 Å². The van der Waals surface area contributed by atoms with Crippen LogP contribution in [-0.2, 0) is 4.74 Å². The molecule has 2 amide bonds. The molecule has 140 valence electrons. The highest BCUT2D eigenvalue weighted by Gasteiger charge is 2.21. The van der Waals surface area contributed by atoms with Gasteiger partial charge in [0.05, 0.1) is 17.1 Å². The Morgan fingerprint density at radius 3 is 2.81 bits per heavy atom. The molecule has 6 nitrogen and oxygen atoms in total. The summed E-state index contributed by atoms with van der Waals surface area (Å²) in [6, 6.07) is 15.7. The Bertz CT molecular complexity index is 913. The molecule has 6 heteroatoms. The summed E-state index contributed by atoms with van der Waals surface area (Å²) in [5.74, 6) is 0. The molecular formula is C21H24N4O2. The number of amides is 2. The average Bonchev–Trinajstić information content (AvgIpc) is 3.36. The number of fused-ring (bicyclic) bond motifs is 1. The molecule has 2 heterocycles. The van der Waals surface area contributed by atoms with Crippen molar-refractivity contribution in [2.24, 2.45) is 0 Å². The Hall–Kier alpha value is -2.86. The number of nitrogens with zero attached hydrogens (tertiary/aromatic N) is 3. The molecule has 1 aromatic heterocycles. The largest absolute Gasteiger partial charge is 0.376 e. The molecule has 1 unspecified atom stereocenters. The molecule has 0 bridgehead atoms. The number of carbonyl (C=O) groups is 1. The van der Waals surface area contributed by atoms with E-state index < -0.39 is 0 Å². The van der Waals surface area contributed by atoms with E-state index in [9.17, 15) is 4.79 Å². The van der Waals surface area contributed by atoms with Gasteiger partial charge in [-0.1, -0.05) is 12.1 Å². The Morgan fingerprint density at radius 1 is 1.26 bits per heavy atom. The van der Waals surface area contributed by atoms with Gasteiger partial charge in [0.15, 0.2) is 0 Å². The first-order valence-corrected chi connectivity index (χ1v) is 9.44. The number of anilines is 1. The number of carbonyl (C=O) groups excluding carboxylic acids is 1. The van der Waals surface area contributed by atoms with E-state index in [-0.39, 0.29) is 12.1 Å². The minimum absolute atomic E-state index is 0.0890. The molecule has 1 aliphatic heterocycles. The summed E-state index contributed by atoms with van der Waals surface area (Å²) in [5, 5.41) is 2.98. The van der Waals surface area contributed by atoms with Crippen LogP contribution in [0.25, 0.3) is 16.7 Å². The van der Waals surface area contributed by atoms with Crippen molar-refractivity contribution in [3.8, 4) is 5.69 Å². The van der Waals surface area contributed by atoms with Crippen LogP contribution in [-0.4, -0.2) is 46.3 Å². The number of aromatic nitrogens is 2. The van der Waals surface area contributed by atoms with Crippen molar-refractivity contribution >= 4 is 22.8 Å². The molecular weight excluding hydrogens is 340 g/mol. The first-order chi connectivity index (χ1) is 13.2. The predicted octanol–water partition coefficient (Wildman–Crippen LogP) is 4.06. The summed E-state index contributed by atoms with van der Waals surface area (Å²) in [5.41, 5.74) is 3.80. The molecule has 0 saturated carbocycles. The van der Waals surface area contributed by atoms with Gasteiger partial charge in [-0.2, -0.15) is 0 Å². The van der Waals surface area contributed by atoms with Crippen molar-refractivity contribution in [3.63, 3.8) is 0 Å². The van der Waals surface area contributed by atoms with Crippen LogP contribution in [0.3, 0.4) is 0 Å². The maximum atomic E-state index is 12.6. The molecule has 3 aromatic rings. The van der Waals surface area contributed by atoms with Gasteiger partial charge in [-0.25, -0.2) is 9.78 Å². The molecule has 1 saturated heterocycles. The van der Waals surface area contributed by atoms with Crippen molar-refractivity contribution < 1.29 is 9.53 Å². The number of benzene rings is 2. The molecule has 1 atom stereocenters. The van der Waals surface area contributed by atoms with E-state index in [1.54, 1.807) is 4.90 Å². The smallest absolute Gasteiger partial charge is 0.321 e. The molecule has 1 N–H and O–H groups in total. The number of ether oxygens (including phenoxy) is 1. The number of urea groups is 1. The van der Waals surface area contributed by atoms with Gasteiger partial charge in [-0.05, 0) is 56.2 Å². The zero-order chi connectivity index (χ0) is 18.6. The number of likely N-dealkylation sites (N-methyl/N-ethyl adjacent to an activating group) is 1. The molecule has 0 radical (unpaired) electrons. The third-order valence-corrected chi connectivity index (χ3v) is 4.97. The average molecular weight is 364 g/mol. The van der Waals surface area contributed by atoms with Gasteiger partial charge in [-0.3, -0.25) is 4.57 Å². The quantitative estimate of drug-likeness (QED) is 0.743. The Kier molecular flexibility index (Phi) is 5.07. The van der Waals surface area contributed by atoms with Crippen molar-refractivity contribution in [2.45, 2.75) is 25.9 Å². The number of rotatable bonds is 5. The van der Waals surface area contributed by atoms with E-state index in [4.69, 9.17) is 4.74 Å². The maximum absolute atomic E-state index is 12.6. The van der Waals surface area contributed by atoms with Crippen LogP contribution >= 0.6 is 0 Å². The van der Waals surface area contributed by atoms with Crippen molar-refractivity contribution in [1.29, 1.82) is 0 Å². The third-order valence-electron chi connectivity index (χ3n) is 4.97. The summed E-state index contributed by atoms with van der Waals surface area (Å²) >= 11 is 0. The van der Waals surface area contributed by atoms with Crippen LogP contribution in [0.5, 0.6) is 0 Å². The lowest BCUT2D eigenvalue weighted by Crippen LogP contribution is -2.39. The topological polar surface area (TPSA) is 59.4 Å². The Morgan fingerprint density at radius 2 is 2.07 bits per heavy atom. The summed E-state index contributed by atoms with van der Waals surface area (Å²) in [7, 11) is 0. The van der Waals surface area contributed by atoms with E-state index in [0.717, 1.165) is 41.9 Å². The Balaban J connectivity index is 1.44.